The number of aromatic nitrogens is 1. The van der Waals surface area contributed by atoms with Gasteiger partial charge in [-0.1, -0.05) is 29.8 Å². The van der Waals surface area contributed by atoms with Crippen molar-refractivity contribution in [3.8, 4) is 0 Å². The highest BCUT2D eigenvalue weighted by molar-refractivity contribution is 6.30. The molecule has 1 spiro atoms. The Morgan fingerprint density at radius 2 is 1.84 bits per heavy atom. The first-order chi connectivity index (χ1) is 12.1. The van der Waals surface area contributed by atoms with Crippen molar-refractivity contribution in [2.24, 2.45) is 5.41 Å². The summed E-state index contributed by atoms with van der Waals surface area (Å²) in [6.45, 7) is 3.49. The smallest absolute Gasteiger partial charge is 0.223 e. The summed E-state index contributed by atoms with van der Waals surface area (Å²) in [5.41, 5.74) is 1.27. The molecule has 25 heavy (non-hydrogen) atoms. The maximum absolute atomic E-state index is 12.5. The lowest BCUT2D eigenvalue weighted by atomic mass is 9.77. The van der Waals surface area contributed by atoms with Crippen LogP contribution in [0.3, 0.4) is 0 Å². The molecular weight excluding hydrogens is 334 g/mol. The third-order valence-corrected chi connectivity index (χ3v) is 5.74. The second-order valence-electron chi connectivity index (χ2n) is 7.23. The SMILES string of the molecule is O=C1CC2(CCN(c3ccccn3)CC2)CN1Cc1ccc(Cl)cc1. The Bertz CT molecular complexity index is 739. The van der Waals surface area contributed by atoms with E-state index < -0.39 is 0 Å². The molecule has 2 saturated heterocycles. The van der Waals surface area contributed by atoms with Crippen LogP contribution in [0.2, 0.25) is 5.02 Å². The van der Waals surface area contributed by atoms with Gasteiger partial charge in [-0.15, -0.1) is 0 Å². The van der Waals surface area contributed by atoms with Crippen molar-refractivity contribution in [3.63, 3.8) is 0 Å². The molecule has 2 aromatic rings. The van der Waals surface area contributed by atoms with Crippen LogP contribution in [-0.2, 0) is 11.3 Å². The van der Waals surface area contributed by atoms with E-state index in [9.17, 15) is 4.79 Å². The summed E-state index contributed by atoms with van der Waals surface area (Å²) in [4.78, 5) is 21.3. The van der Waals surface area contributed by atoms with Gasteiger partial charge in [-0.3, -0.25) is 4.79 Å². The molecule has 0 radical (unpaired) electrons. The lowest BCUT2D eigenvalue weighted by molar-refractivity contribution is -0.128. The molecule has 2 aliphatic rings. The Kier molecular flexibility index (Phi) is 4.38. The van der Waals surface area contributed by atoms with Crippen LogP contribution in [0.1, 0.15) is 24.8 Å². The Balaban J connectivity index is 1.39. The number of hydrogen-bond acceptors (Lipinski definition) is 3. The minimum absolute atomic E-state index is 0.134. The summed E-state index contributed by atoms with van der Waals surface area (Å²) in [6.07, 6.45) is 4.61. The van der Waals surface area contributed by atoms with Crippen LogP contribution in [0.4, 0.5) is 5.82 Å². The third kappa shape index (κ3) is 3.49. The van der Waals surface area contributed by atoms with Gasteiger partial charge in [0.05, 0.1) is 0 Å². The third-order valence-electron chi connectivity index (χ3n) is 5.49. The summed E-state index contributed by atoms with van der Waals surface area (Å²) in [5, 5.41) is 0.731. The second kappa shape index (κ2) is 6.68. The van der Waals surface area contributed by atoms with E-state index in [0.29, 0.717) is 13.0 Å². The first-order valence-corrected chi connectivity index (χ1v) is 9.20. The summed E-state index contributed by atoms with van der Waals surface area (Å²) in [5.74, 6) is 1.32. The van der Waals surface area contributed by atoms with Gasteiger partial charge >= 0.3 is 0 Å². The molecule has 0 aliphatic carbocycles. The number of amides is 1. The number of halogens is 1. The molecule has 1 aromatic heterocycles. The van der Waals surface area contributed by atoms with E-state index in [1.54, 1.807) is 0 Å². The maximum atomic E-state index is 12.5. The number of pyridine rings is 1. The molecule has 2 fully saturated rings. The zero-order valence-electron chi connectivity index (χ0n) is 14.2. The van der Waals surface area contributed by atoms with Gasteiger partial charge in [-0.05, 0) is 42.7 Å². The van der Waals surface area contributed by atoms with E-state index in [4.69, 9.17) is 11.6 Å². The number of rotatable bonds is 3. The van der Waals surface area contributed by atoms with Gasteiger partial charge < -0.3 is 9.80 Å². The predicted octanol–water partition coefficient (Wildman–Crippen LogP) is 3.75. The van der Waals surface area contributed by atoms with Crippen molar-refractivity contribution in [1.82, 2.24) is 9.88 Å². The lowest BCUT2D eigenvalue weighted by Gasteiger charge is -2.39. The van der Waals surface area contributed by atoms with Crippen molar-refractivity contribution in [1.29, 1.82) is 0 Å². The summed E-state index contributed by atoms with van der Waals surface area (Å²) in [7, 11) is 0. The zero-order valence-corrected chi connectivity index (χ0v) is 15.0. The van der Waals surface area contributed by atoms with Gasteiger partial charge in [0, 0.05) is 49.2 Å². The van der Waals surface area contributed by atoms with Crippen molar-refractivity contribution >= 4 is 23.3 Å². The molecule has 0 bridgehead atoms. The van der Waals surface area contributed by atoms with Crippen LogP contribution in [0.25, 0.3) is 0 Å². The van der Waals surface area contributed by atoms with Crippen LogP contribution >= 0.6 is 11.6 Å². The van der Waals surface area contributed by atoms with E-state index in [-0.39, 0.29) is 11.3 Å². The normalized spacial score (nSPS) is 19.6. The molecule has 1 amide bonds. The number of carbonyl (C=O) groups is 1. The minimum atomic E-state index is 0.134. The van der Waals surface area contributed by atoms with E-state index in [2.05, 4.69) is 16.0 Å². The Morgan fingerprint density at radius 3 is 2.52 bits per heavy atom. The van der Waals surface area contributed by atoms with Crippen LogP contribution < -0.4 is 4.90 Å². The van der Waals surface area contributed by atoms with Crippen LogP contribution in [0, 0.1) is 5.41 Å². The van der Waals surface area contributed by atoms with Crippen molar-refractivity contribution in [3.05, 3.63) is 59.2 Å². The van der Waals surface area contributed by atoms with Crippen molar-refractivity contribution < 1.29 is 4.79 Å². The first-order valence-electron chi connectivity index (χ1n) is 8.82. The fourth-order valence-electron chi connectivity index (χ4n) is 4.02. The summed E-state index contributed by atoms with van der Waals surface area (Å²) >= 11 is 5.95. The lowest BCUT2D eigenvalue weighted by Crippen LogP contribution is -2.41. The molecule has 4 rings (SSSR count). The molecule has 130 valence electrons. The standard InChI is InChI=1S/C20H22ClN3O/c21-17-6-4-16(5-7-17)14-24-15-20(13-19(24)25)8-11-23(12-9-20)18-3-1-2-10-22-18/h1-7,10H,8-9,11-15H2. The fourth-order valence-corrected chi connectivity index (χ4v) is 4.15. The van der Waals surface area contributed by atoms with Gasteiger partial charge in [0.25, 0.3) is 0 Å². The molecule has 5 heteroatoms. The highest BCUT2D eigenvalue weighted by Gasteiger charge is 2.44. The topological polar surface area (TPSA) is 36.4 Å². The van der Waals surface area contributed by atoms with E-state index in [1.807, 2.05) is 47.5 Å². The Labute approximate surface area is 153 Å². The number of likely N-dealkylation sites (tertiary alicyclic amines) is 1. The molecule has 0 saturated carbocycles. The maximum Gasteiger partial charge on any atom is 0.223 e. The molecule has 0 atom stereocenters. The number of piperidine rings is 1. The molecular formula is C20H22ClN3O. The fraction of sp³-hybridized carbons (Fsp3) is 0.400. The van der Waals surface area contributed by atoms with Crippen LogP contribution in [-0.4, -0.2) is 35.4 Å². The highest BCUT2D eigenvalue weighted by atomic mass is 35.5. The molecule has 1 aromatic carbocycles. The molecule has 2 aliphatic heterocycles. The van der Waals surface area contributed by atoms with Crippen molar-refractivity contribution in [2.75, 3.05) is 24.5 Å². The Morgan fingerprint density at radius 1 is 1.08 bits per heavy atom. The van der Waals surface area contributed by atoms with Crippen LogP contribution in [0.15, 0.2) is 48.7 Å². The minimum Gasteiger partial charge on any atom is -0.357 e. The number of anilines is 1. The highest BCUT2D eigenvalue weighted by Crippen LogP contribution is 2.42. The Hall–Kier alpha value is -2.07. The quantitative estimate of drug-likeness (QED) is 0.841. The number of hydrogen-bond donors (Lipinski definition) is 0. The largest absolute Gasteiger partial charge is 0.357 e. The summed E-state index contributed by atoms with van der Waals surface area (Å²) in [6, 6.07) is 13.8. The predicted molar refractivity (Wildman–Crippen MR) is 99.6 cm³/mol. The van der Waals surface area contributed by atoms with Gasteiger partial charge in [0.1, 0.15) is 5.82 Å². The van der Waals surface area contributed by atoms with E-state index in [1.165, 1.54) is 0 Å². The monoisotopic (exact) mass is 355 g/mol. The van der Waals surface area contributed by atoms with Crippen molar-refractivity contribution in [2.45, 2.75) is 25.8 Å². The number of benzene rings is 1. The first kappa shape index (κ1) is 16.4. The zero-order chi connectivity index (χ0) is 17.3. The second-order valence-corrected chi connectivity index (χ2v) is 7.66. The van der Waals surface area contributed by atoms with Gasteiger partial charge in [-0.2, -0.15) is 0 Å². The van der Waals surface area contributed by atoms with Crippen LogP contribution in [0.5, 0.6) is 0 Å². The average Bonchev–Trinajstić information content (AvgIpc) is 2.93. The number of carbonyl (C=O) groups excluding carboxylic acids is 1. The number of nitrogens with zero attached hydrogens (tertiary/aromatic N) is 3. The average molecular weight is 356 g/mol. The molecule has 0 unspecified atom stereocenters. The van der Waals surface area contributed by atoms with Gasteiger partial charge in [0.2, 0.25) is 5.91 Å². The van der Waals surface area contributed by atoms with Gasteiger partial charge in [-0.25, -0.2) is 4.98 Å². The summed E-state index contributed by atoms with van der Waals surface area (Å²) < 4.78 is 0. The molecule has 0 N–H and O–H groups in total. The molecule has 3 heterocycles. The van der Waals surface area contributed by atoms with Gasteiger partial charge in [0.15, 0.2) is 0 Å². The van der Waals surface area contributed by atoms with E-state index >= 15 is 0 Å². The molecule has 4 nitrogen and oxygen atoms in total. The van der Waals surface area contributed by atoms with E-state index in [0.717, 1.165) is 48.9 Å².